The predicted octanol–water partition coefficient (Wildman–Crippen LogP) is 3.30. The van der Waals surface area contributed by atoms with Gasteiger partial charge in [-0.1, -0.05) is 13.8 Å². The molecule has 0 saturated carbocycles. The summed E-state index contributed by atoms with van der Waals surface area (Å²) >= 11 is 0. The molecule has 1 amide bonds. The smallest absolute Gasteiger partial charge is 0.406 e. The van der Waals surface area contributed by atoms with Crippen molar-refractivity contribution in [2.45, 2.75) is 39.1 Å². The second-order valence-electron chi connectivity index (χ2n) is 4.83. The van der Waals surface area contributed by atoms with Crippen molar-refractivity contribution in [3.05, 3.63) is 24.3 Å². The number of alkyl halides is 3. The number of rotatable bonds is 7. The van der Waals surface area contributed by atoms with Gasteiger partial charge in [-0.25, -0.2) is 0 Å². The summed E-state index contributed by atoms with van der Waals surface area (Å²) in [6.07, 6.45) is -3.67. The van der Waals surface area contributed by atoms with E-state index in [0.29, 0.717) is 24.6 Å². The van der Waals surface area contributed by atoms with Crippen molar-refractivity contribution in [1.29, 1.82) is 0 Å². The number of hydrogen-bond donors (Lipinski definition) is 2. The number of amides is 1. The molecule has 21 heavy (non-hydrogen) atoms. The first-order valence-corrected chi connectivity index (χ1v) is 6.65. The molecule has 0 aliphatic heterocycles. The zero-order valence-electron chi connectivity index (χ0n) is 12.0. The first-order valence-electron chi connectivity index (χ1n) is 6.65. The molecule has 0 radical (unpaired) electrons. The highest BCUT2D eigenvalue weighted by molar-refractivity contribution is 5.90. The van der Waals surface area contributed by atoms with Crippen LogP contribution in [-0.2, 0) is 4.79 Å². The summed E-state index contributed by atoms with van der Waals surface area (Å²) in [6.45, 7) is 4.78. The molecule has 1 aromatic carbocycles. The molecule has 118 valence electrons. The number of halogens is 3. The van der Waals surface area contributed by atoms with Crippen molar-refractivity contribution in [2.24, 2.45) is 0 Å². The Kier molecular flexibility index (Phi) is 6.48. The highest BCUT2D eigenvalue weighted by Crippen LogP contribution is 2.23. The molecule has 4 nitrogen and oxygen atoms in total. The van der Waals surface area contributed by atoms with Crippen LogP contribution in [-0.4, -0.2) is 24.9 Å². The first kappa shape index (κ1) is 17.3. The standard InChI is InChI=1S/C14H19F3N2O2/c1-10(2)18-9-3-4-13(20)19-11-5-7-12(8-6-11)21-14(15,16)17/h5-8,10,18H,3-4,9H2,1-2H3,(H,19,20). The number of anilines is 1. The van der Waals surface area contributed by atoms with Crippen LogP contribution in [0.3, 0.4) is 0 Å². The molecule has 0 aliphatic carbocycles. The maximum Gasteiger partial charge on any atom is 0.573 e. The van der Waals surface area contributed by atoms with Crippen molar-refractivity contribution < 1.29 is 22.7 Å². The molecule has 0 spiro atoms. The fourth-order valence-corrected chi connectivity index (χ4v) is 1.60. The molecule has 0 heterocycles. The zero-order valence-corrected chi connectivity index (χ0v) is 12.0. The lowest BCUT2D eigenvalue weighted by Crippen LogP contribution is -2.24. The Balaban J connectivity index is 2.36. The van der Waals surface area contributed by atoms with Crippen LogP contribution in [0.1, 0.15) is 26.7 Å². The van der Waals surface area contributed by atoms with Crippen LogP contribution in [0.2, 0.25) is 0 Å². The molecule has 1 aromatic rings. The third kappa shape index (κ3) is 8.19. The van der Waals surface area contributed by atoms with Gasteiger partial charge in [0.25, 0.3) is 0 Å². The Labute approximate surface area is 121 Å². The predicted molar refractivity (Wildman–Crippen MR) is 74.1 cm³/mol. The van der Waals surface area contributed by atoms with E-state index < -0.39 is 6.36 Å². The Morgan fingerprint density at radius 3 is 2.38 bits per heavy atom. The fourth-order valence-electron chi connectivity index (χ4n) is 1.60. The van der Waals surface area contributed by atoms with Gasteiger partial charge in [-0.3, -0.25) is 4.79 Å². The Morgan fingerprint density at radius 2 is 1.86 bits per heavy atom. The fraction of sp³-hybridized carbons (Fsp3) is 0.500. The summed E-state index contributed by atoms with van der Waals surface area (Å²) < 4.78 is 39.7. The van der Waals surface area contributed by atoms with E-state index in [0.717, 1.165) is 18.7 Å². The summed E-state index contributed by atoms with van der Waals surface area (Å²) in [7, 11) is 0. The van der Waals surface area contributed by atoms with Crippen LogP contribution in [0, 0.1) is 0 Å². The van der Waals surface area contributed by atoms with Crippen LogP contribution < -0.4 is 15.4 Å². The van der Waals surface area contributed by atoms with Crippen LogP contribution in [0.5, 0.6) is 5.75 Å². The molecule has 2 N–H and O–H groups in total. The van der Waals surface area contributed by atoms with E-state index in [1.54, 1.807) is 0 Å². The van der Waals surface area contributed by atoms with Crippen molar-refractivity contribution in [3.8, 4) is 5.75 Å². The Morgan fingerprint density at radius 1 is 1.24 bits per heavy atom. The summed E-state index contributed by atoms with van der Waals surface area (Å²) in [5, 5.41) is 5.81. The van der Waals surface area contributed by atoms with Gasteiger partial charge in [-0.15, -0.1) is 13.2 Å². The van der Waals surface area contributed by atoms with Gasteiger partial charge < -0.3 is 15.4 Å². The largest absolute Gasteiger partial charge is 0.573 e. The lowest BCUT2D eigenvalue weighted by molar-refractivity contribution is -0.274. The molecule has 0 unspecified atom stereocenters. The van der Waals surface area contributed by atoms with E-state index in [1.165, 1.54) is 12.1 Å². The number of ether oxygens (including phenoxy) is 1. The van der Waals surface area contributed by atoms with Gasteiger partial charge in [0.2, 0.25) is 5.91 Å². The lowest BCUT2D eigenvalue weighted by Gasteiger charge is -2.10. The minimum absolute atomic E-state index is 0.176. The summed E-state index contributed by atoms with van der Waals surface area (Å²) in [5.41, 5.74) is 0.436. The van der Waals surface area contributed by atoms with Crippen molar-refractivity contribution in [2.75, 3.05) is 11.9 Å². The van der Waals surface area contributed by atoms with Crippen molar-refractivity contribution >= 4 is 11.6 Å². The third-order valence-corrected chi connectivity index (χ3v) is 2.50. The van der Waals surface area contributed by atoms with Gasteiger partial charge in [0.1, 0.15) is 5.75 Å². The number of benzene rings is 1. The van der Waals surface area contributed by atoms with Gasteiger partial charge in [0, 0.05) is 18.2 Å². The molecular weight excluding hydrogens is 285 g/mol. The average Bonchev–Trinajstić information content (AvgIpc) is 2.35. The number of hydrogen-bond acceptors (Lipinski definition) is 3. The third-order valence-electron chi connectivity index (χ3n) is 2.50. The zero-order chi connectivity index (χ0) is 15.9. The van der Waals surface area contributed by atoms with Crippen LogP contribution in [0.25, 0.3) is 0 Å². The van der Waals surface area contributed by atoms with E-state index in [9.17, 15) is 18.0 Å². The molecule has 1 rings (SSSR count). The second-order valence-corrected chi connectivity index (χ2v) is 4.83. The molecule has 0 atom stereocenters. The normalized spacial score (nSPS) is 11.5. The lowest BCUT2D eigenvalue weighted by atomic mass is 10.2. The van der Waals surface area contributed by atoms with Crippen LogP contribution in [0.4, 0.5) is 18.9 Å². The Hall–Kier alpha value is -1.76. The van der Waals surface area contributed by atoms with Gasteiger partial charge in [-0.2, -0.15) is 0 Å². The number of carbonyl (C=O) groups excluding carboxylic acids is 1. The topological polar surface area (TPSA) is 50.4 Å². The average molecular weight is 304 g/mol. The van der Waals surface area contributed by atoms with Crippen molar-refractivity contribution in [3.63, 3.8) is 0 Å². The van der Waals surface area contributed by atoms with Crippen molar-refractivity contribution in [1.82, 2.24) is 5.32 Å². The monoisotopic (exact) mass is 304 g/mol. The van der Waals surface area contributed by atoms with E-state index in [4.69, 9.17) is 0 Å². The summed E-state index contributed by atoms with van der Waals surface area (Å²) in [4.78, 5) is 11.6. The number of carbonyl (C=O) groups is 1. The van der Waals surface area contributed by atoms with Gasteiger partial charge in [0.05, 0.1) is 0 Å². The van der Waals surface area contributed by atoms with E-state index in [2.05, 4.69) is 15.4 Å². The molecule has 0 aliphatic rings. The van der Waals surface area contributed by atoms with E-state index >= 15 is 0 Å². The van der Waals surface area contributed by atoms with Gasteiger partial charge in [0.15, 0.2) is 0 Å². The number of nitrogens with one attached hydrogen (secondary N) is 2. The maximum atomic E-state index is 12.0. The highest BCUT2D eigenvalue weighted by Gasteiger charge is 2.30. The minimum atomic E-state index is -4.71. The van der Waals surface area contributed by atoms with E-state index in [1.807, 2.05) is 13.8 Å². The van der Waals surface area contributed by atoms with E-state index in [-0.39, 0.29) is 11.7 Å². The molecule has 0 aromatic heterocycles. The van der Waals surface area contributed by atoms with Gasteiger partial charge >= 0.3 is 6.36 Å². The SMILES string of the molecule is CC(C)NCCCC(=O)Nc1ccc(OC(F)(F)F)cc1. The summed E-state index contributed by atoms with van der Waals surface area (Å²) in [5.74, 6) is -0.494. The molecule has 0 saturated heterocycles. The quantitative estimate of drug-likeness (QED) is 0.760. The molecule has 0 bridgehead atoms. The maximum absolute atomic E-state index is 12.0. The molecular formula is C14H19F3N2O2. The van der Waals surface area contributed by atoms with Gasteiger partial charge in [-0.05, 0) is 37.2 Å². The van der Waals surface area contributed by atoms with Crippen LogP contribution in [0.15, 0.2) is 24.3 Å². The summed E-state index contributed by atoms with van der Waals surface area (Å²) in [6, 6.07) is 5.41. The highest BCUT2D eigenvalue weighted by atomic mass is 19.4. The molecule has 0 fully saturated rings. The first-order chi connectivity index (χ1) is 9.76. The minimum Gasteiger partial charge on any atom is -0.406 e. The Bertz CT molecular complexity index is 445. The van der Waals surface area contributed by atoms with Crippen LogP contribution >= 0.6 is 0 Å². The molecule has 7 heteroatoms. The second kappa shape index (κ2) is 7.87.